The van der Waals surface area contributed by atoms with Crippen LogP contribution < -0.4 is 9.80 Å². The quantitative estimate of drug-likeness (QED) is 0.415. The van der Waals surface area contributed by atoms with Crippen LogP contribution in [0.4, 0.5) is 15.9 Å². The van der Waals surface area contributed by atoms with Crippen molar-refractivity contribution >= 4 is 22.3 Å². The molecule has 2 atom stereocenters. The number of rotatable bonds is 5. The number of aromatic nitrogens is 3. The summed E-state index contributed by atoms with van der Waals surface area (Å²) in [5, 5.41) is 11.8. The van der Waals surface area contributed by atoms with Crippen LogP contribution in [0.25, 0.3) is 22.2 Å². The lowest BCUT2D eigenvalue weighted by molar-refractivity contribution is 0.612. The molecule has 5 rings (SSSR count). The van der Waals surface area contributed by atoms with Crippen molar-refractivity contribution in [2.75, 3.05) is 22.9 Å². The van der Waals surface area contributed by atoms with Gasteiger partial charge < -0.3 is 9.80 Å². The molecule has 34 heavy (non-hydrogen) atoms. The molecular formula is C27H25FN6. The summed E-state index contributed by atoms with van der Waals surface area (Å²) in [4.78, 5) is 18.0. The largest absolute Gasteiger partial charge is 0.367 e. The van der Waals surface area contributed by atoms with Crippen molar-refractivity contribution in [3.05, 3.63) is 78.5 Å². The third-order valence-electron chi connectivity index (χ3n) is 6.56. The third-order valence-corrected chi connectivity index (χ3v) is 6.56. The lowest BCUT2D eigenvalue weighted by Crippen LogP contribution is -2.38. The molecule has 1 fully saturated rings. The number of hydrogen-bond donors (Lipinski definition) is 0. The number of anilines is 2. The van der Waals surface area contributed by atoms with Crippen molar-refractivity contribution in [3.8, 4) is 17.5 Å². The normalized spacial score (nSPS) is 17.6. The zero-order valence-corrected chi connectivity index (χ0v) is 19.2. The second-order valence-corrected chi connectivity index (χ2v) is 8.60. The highest BCUT2D eigenvalue weighted by atomic mass is 19.1. The van der Waals surface area contributed by atoms with Crippen molar-refractivity contribution in [2.45, 2.75) is 32.4 Å². The smallest absolute Gasteiger partial charge is 0.162 e. The summed E-state index contributed by atoms with van der Waals surface area (Å²) in [6, 6.07) is 17.3. The summed E-state index contributed by atoms with van der Waals surface area (Å²) in [6.45, 7) is 5.68. The van der Waals surface area contributed by atoms with Crippen molar-refractivity contribution in [2.24, 2.45) is 0 Å². The van der Waals surface area contributed by atoms with Gasteiger partial charge in [-0.3, -0.25) is 4.98 Å². The molecule has 0 amide bonds. The van der Waals surface area contributed by atoms with Gasteiger partial charge in [0, 0.05) is 54.2 Å². The summed E-state index contributed by atoms with van der Waals surface area (Å²) in [5.41, 5.74) is 2.23. The predicted molar refractivity (Wildman–Crippen MR) is 132 cm³/mol. The Morgan fingerprint density at radius 2 is 2.03 bits per heavy atom. The fourth-order valence-corrected chi connectivity index (χ4v) is 4.95. The monoisotopic (exact) mass is 452 g/mol. The molecule has 1 aliphatic heterocycles. The topological polar surface area (TPSA) is 68.9 Å². The molecule has 4 aromatic rings. The highest BCUT2D eigenvalue weighted by Gasteiger charge is 2.35. The highest BCUT2D eigenvalue weighted by molar-refractivity contribution is 5.94. The maximum absolute atomic E-state index is 13.9. The molecule has 0 bridgehead atoms. The first-order chi connectivity index (χ1) is 16.6. The standard InChI is InChI=1S/C27H25FN6/c1-3-33(22-8-5-7-21(28)13-22)23-12-18(2)34(17-23)27-20(14-29)16-31-26(32-27)25-9-4-6-19-15-30-11-10-24(19)25/h4-11,13,15-16,18,23H,3,12,17H2,1-2H3/t18-,23+/m1/s1. The molecule has 2 aromatic carbocycles. The number of halogens is 1. The molecule has 0 N–H and O–H groups in total. The predicted octanol–water partition coefficient (Wildman–Crippen LogP) is 5.20. The van der Waals surface area contributed by atoms with Crippen LogP contribution in [0.3, 0.4) is 0 Å². The first-order valence-corrected chi connectivity index (χ1v) is 11.5. The highest BCUT2D eigenvalue weighted by Crippen LogP contribution is 2.33. The average molecular weight is 453 g/mol. The summed E-state index contributed by atoms with van der Waals surface area (Å²) < 4.78 is 13.9. The van der Waals surface area contributed by atoms with Gasteiger partial charge in [-0.05, 0) is 49.9 Å². The molecule has 0 radical (unpaired) electrons. The molecular weight excluding hydrogens is 427 g/mol. The van der Waals surface area contributed by atoms with Gasteiger partial charge in [0.25, 0.3) is 0 Å². The fourth-order valence-electron chi connectivity index (χ4n) is 4.95. The average Bonchev–Trinajstić information content (AvgIpc) is 3.24. The fraction of sp³-hybridized carbons (Fsp3) is 0.259. The third kappa shape index (κ3) is 3.92. The maximum Gasteiger partial charge on any atom is 0.162 e. The Morgan fingerprint density at radius 1 is 1.18 bits per heavy atom. The van der Waals surface area contributed by atoms with E-state index in [0.29, 0.717) is 23.8 Å². The van der Waals surface area contributed by atoms with Crippen LogP contribution in [0, 0.1) is 17.1 Å². The summed E-state index contributed by atoms with van der Waals surface area (Å²) >= 11 is 0. The molecule has 0 saturated carbocycles. The van der Waals surface area contributed by atoms with Crippen LogP contribution in [0.15, 0.2) is 67.1 Å². The second-order valence-electron chi connectivity index (χ2n) is 8.60. The number of benzene rings is 2. The Balaban J connectivity index is 1.51. The number of hydrogen-bond acceptors (Lipinski definition) is 6. The van der Waals surface area contributed by atoms with Crippen molar-refractivity contribution in [1.82, 2.24) is 15.0 Å². The number of pyridine rings is 1. The van der Waals surface area contributed by atoms with Crippen molar-refractivity contribution in [3.63, 3.8) is 0 Å². The van der Waals surface area contributed by atoms with E-state index in [1.165, 1.54) is 6.07 Å². The molecule has 170 valence electrons. The van der Waals surface area contributed by atoms with E-state index in [2.05, 4.69) is 39.7 Å². The summed E-state index contributed by atoms with van der Waals surface area (Å²) in [5.74, 6) is 0.985. The van der Waals surface area contributed by atoms with Gasteiger partial charge in [0.05, 0.1) is 6.20 Å². The van der Waals surface area contributed by atoms with Crippen LogP contribution >= 0.6 is 0 Å². The van der Waals surface area contributed by atoms with Gasteiger partial charge in [-0.2, -0.15) is 5.26 Å². The molecule has 3 heterocycles. The van der Waals surface area contributed by atoms with E-state index in [1.807, 2.05) is 36.5 Å². The second kappa shape index (κ2) is 9.06. The Kier molecular flexibility index (Phi) is 5.81. The number of nitriles is 1. The zero-order valence-electron chi connectivity index (χ0n) is 19.2. The van der Waals surface area contributed by atoms with Gasteiger partial charge >= 0.3 is 0 Å². The van der Waals surface area contributed by atoms with Gasteiger partial charge in [0.2, 0.25) is 0 Å². The SMILES string of the molecule is CCN(c1cccc(F)c1)[C@H]1C[C@@H](C)N(c2nc(-c3cccc4cnccc34)ncc2C#N)C1. The van der Waals surface area contributed by atoms with Gasteiger partial charge in [-0.25, -0.2) is 14.4 Å². The maximum atomic E-state index is 13.9. The lowest BCUT2D eigenvalue weighted by atomic mass is 10.1. The number of fused-ring (bicyclic) bond motifs is 1. The minimum absolute atomic E-state index is 0.166. The molecule has 1 aliphatic rings. The first kappa shape index (κ1) is 21.8. The lowest BCUT2D eigenvalue weighted by Gasteiger charge is -2.30. The van der Waals surface area contributed by atoms with E-state index in [0.717, 1.165) is 35.0 Å². The molecule has 6 nitrogen and oxygen atoms in total. The van der Waals surface area contributed by atoms with E-state index in [-0.39, 0.29) is 17.9 Å². The van der Waals surface area contributed by atoms with E-state index in [4.69, 9.17) is 4.98 Å². The zero-order chi connectivity index (χ0) is 23.7. The molecule has 1 saturated heterocycles. The van der Waals surface area contributed by atoms with Crippen LogP contribution in [-0.2, 0) is 0 Å². The summed E-state index contributed by atoms with van der Waals surface area (Å²) in [6.07, 6.45) is 6.08. The van der Waals surface area contributed by atoms with E-state index in [1.54, 1.807) is 24.5 Å². The van der Waals surface area contributed by atoms with Gasteiger partial charge in [0.1, 0.15) is 17.4 Å². The Hall–Kier alpha value is -4.05. The molecule has 0 spiro atoms. The van der Waals surface area contributed by atoms with Crippen LogP contribution in [0.1, 0.15) is 25.8 Å². The minimum atomic E-state index is -0.239. The van der Waals surface area contributed by atoms with Gasteiger partial charge in [0.15, 0.2) is 11.6 Å². The summed E-state index contributed by atoms with van der Waals surface area (Å²) in [7, 11) is 0. The molecule has 7 heteroatoms. The Bertz CT molecular complexity index is 1380. The van der Waals surface area contributed by atoms with Crippen molar-refractivity contribution in [1.29, 1.82) is 5.26 Å². The Morgan fingerprint density at radius 3 is 2.82 bits per heavy atom. The molecule has 0 unspecified atom stereocenters. The number of likely N-dealkylation sites (N-methyl/N-ethyl adjacent to an activating group) is 1. The molecule has 2 aromatic heterocycles. The number of nitrogens with zero attached hydrogens (tertiary/aromatic N) is 6. The Labute approximate surface area is 198 Å². The van der Waals surface area contributed by atoms with Gasteiger partial charge in [-0.1, -0.05) is 24.3 Å². The van der Waals surface area contributed by atoms with Crippen molar-refractivity contribution < 1.29 is 4.39 Å². The van der Waals surface area contributed by atoms with E-state index < -0.39 is 0 Å². The van der Waals surface area contributed by atoms with Gasteiger partial charge in [-0.15, -0.1) is 0 Å². The van der Waals surface area contributed by atoms with Crippen LogP contribution in [0.2, 0.25) is 0 Å². The van der Waals surface area contributed by atoms with E-state index in [9.17, 15) is 9.65 Å². The first-order valence-electron chi connectivity index (χ1n) is 11.5. The van der Waals surface area contributed by atoms with Crippen LogP contribution in [-0.4, -0.2) is 40.1 Å². The molecule has 0 aliphatic carbocycles. The van der Waals surface area contributed by atoms with E-state index >= 15 is 0 Å². The minimum Gasteiger partial charge on any atom is -0.367 e. The van der Waals surface area contributed by atoms with Crippen LogP contribution in [0.5, 0.6) is 0 Å².